The number of methoxy groups -OCH3 is 1. The summed E-state index contributed by atoms with van der Waals surface area (Å²) >= 11 is 0. The SMILES string of the molecule is COC(=O)/C=C/CCCC[C@@H]1[C@@H](CO)[C@H](C)C[C@@H]1C. The van der Waals surface area contributed by atoms with Crippen molar-refractivity contribution in [2.24, 2.45) is 23.7 Å². The van der Waals surface area contributed by atoms with Crippen LogP contribution in [0.3, 0.4) is 0 Å². The number of rotatable bonds is 7. The second-order valence-corrected chi connectivity index (χ2v) is 5.91. The largest absolute Gasteiger partial charge is 0.466 e. The Morgan fingerprint density at radius 2 is 1.95 bits per heavy atom. The second-order valence-electron chi connectivity index (χ2n) is 5.91. The van der Waals surface area contributed by atoms with Crippen molar-refractivity contribution in [3.8, 4) is 0 Å². The maximum absolute atomic E-state index is 10.9. The summed E-state index contributed by atoms with van der Waals surface area (Å²) in [5, 5.41) is 9.49. The van der Waals surface area contributed by atoms with Crippen LogP contribution in [-0.4, -0.2) is 24.8 Å². The number of unbranched alkanes of at least 4 members (excludes halogenated alkanes) is 2. The molecule has 1 rings (SSSR count). The highest BCUT2D eigenvalue weighted by Crippen LogP contribution is 2.43. The fourth-order valence-corrected chi connectivity index (χ4v) is 3.48. The number of allylic oxidation sites excluding steroid dienone is 1. The van der Waals surface area contributed by atoms with Crippen LogP contribution in [0.15, 0.2) is 12.2 Å². The van der Waals surface area contributed by atoms with E-state index < -0.39 is 0 Å². The average Bonchev–Trinajstić information content (AvgIpc) is 2.67. The summed E-state index contributed by atoms with van der Waals surface area (Å²) in [6.07, 6.45) is 9.02. The molecule has 0 spiro atoms. The summed E-state index contributed by atoms with van der Waals surface area (Å²) in [6, 6.07) is 0. The Morgan fingerprint density at radius 1 is 1.26 bits per heavy atom. The van der Waals surface area contributed by atoms with Gasteiger partial charge in [0.1, 0.15) is 0 Å². The van der Waals surface area contributed by atoms with Crippen molar-refractivity contribution in [3.63, 3.8) is 0 Å². The Kier molecular flexibility index (Phi) is 7.14. The normalized spacial score (nSPS) is 30.9. The molecule has 1 N–H and O–H groups in total. The molecule has 19 heavy (non-hydrogen) atoms. The third-order valence-electron chi connectivity index (χ3n) is 4.58. The van der Waals surface area contributed by atoms with E-state index in [0.29, 0.717) is 24.4 Å². The van der Waals surface area contributed by atoms with E-state index >= 15 is 0 Å². The molecule has 110 valence electrons. The van der Waals surface area contributed by atoms with E-state index in [9.17, 15) is 9.90 Å². The highest BCUT2D eigenvalue weighted by Gasteiger charge is 2.37. The standard InChI is InChI=1S/C16H28O3/c1-12-10-13(2)15(11-17)14(12)8-6-4-5-7-9-16(18)19-3/h7,9,12-15,17H,4-6,8,10-11H2,1-3H3/b9-7+/t12-,13+,14-,15-/m0/s1. The van der Waals surface area contributed by atoms with Gasteiger partial charge >= 0.3 is 5.97 Å². The molecule has 0 aliphatic heterocycles. The van der Waals surface area contributed by atoms with E-state index in [0.717, 1.165) is 18.8 Å². The second kappa shape index (κ2) is 8.36. The zero-order chi connectivity index (χ0) is 14.3. The van der Waals surface area contributed by atoms with Crippen molar-refractivity contribution in [1.29, 1.82) is 0 Å². The van der Waals surface area contributed by atoms with Crippen LogP contribution in [0.2, 0.25) is 0 Å². The first-order chi connectivity index (χ1) is 9.10. The first-order valence-corrected chi connectivity index (χ1v) is 7.45. The minimum Gasteiger partial charge on any atom is -0.466 e. The van der Waals surface area contributed by atoms with Gasteiger partial charge in [-0.3, -0.25) is 0 Å². The van der Waals surface area contributed by atoms with Gasteiger partial charge in [0, 0.05) is 12.7 Å². The predicted octanol–water partition coefficient (Wildman–Crippen LogP) is 3.18. The molecule has 0 aromatic rings. The van der Waals surface area contributed by atoms with Gasteiger partial charge in [0.25, 0.3) is 0 Å². The molecule has 1 aliphatic carbocycles. The summed E-state index contributed by atoms with van der Waals surface area (Å²) in [4.78, 5) is 10.9. The molecule has 0 amide bonds. The Bertz CT molecular complexity index is 298. The summed E-state index contributed by atoms with van der Waals surface area (Å²) in [5.41, 5.74) is 0. The number of ether oxygens (including phenoxy) is 1. The lowest BCUT2D eigenvalue weighted by Crippen LogP contribution is -2.19. The highest BCUT2D eigenvalue weighted by atomic mass is 16.5. The molecule has 1 saturated carbocycles. The van der Waals surface area contributed by atoms with E-state index in [1.165, 1.54) is 32.4 Å². The molecule has 0 aromatic carbocycles. The molecule has 0 saturated heterocycles. The molecule has 0 unspecified atom stereocenters. The lowest BCUT2D eigenvalue weighted by atomic mass is 9.84. The van der Waals surface area contributed by atoms with Crippen molar-refractivity contribution in [1.82, 2.24) is 0 Å². The number of hydrogen-bond acceptors (Lipinski definition) is 3. The quantitative estimate of drug-likeness (QED) is 0.438. The maximum atomic E-state index is 10.9. The van der Waals surface area contributed by atoms with Gasteiger partial charge in [-0.2, -0.15) is 0 Å². The van der Waals surface area contributed by atoms with Gasteiger partial charge in [0.15, 0.2) is 0 Å². The van der Waals surface area contributed by atoms with Crippen molar-refractivity contribution < 1.29 is 14.6 Å². The van der Waals surface area contributed by atoms with Gasteiger partial charge in [-0.25, -0.2) is 4.79 Å². The third kappa shape index (κ3) is 4.98. The van der Waals surface area contributed by atoms with Crippen molar-refractivity contribution in [2.75, 3.05) is 13.7 Å². The Hall–Kier alpha value is -0.830. The van der Waals surface area contributed by atoms with Gasteiger partial charge in [0.2, 0.25) is 0 Å². The minimum absolute atomic E-state index is 0.279. The van der Waals surface area contributed by atoms with Crippen LogP contribution in [0.4, 0.5) is 0 Å². The Labute approximate surface area is 117 Å². The van der Waals surface area contributed by atoms with Crippen LogP contribution in [0.25, 0.3) is 0 Å². The van der Waals surface area contributed by atoms with Crippen LogP contribution in [0.5, 0.6) is 0 Å². The topological polar surface area (TPSA) is 46.5 Å². The molecule has 0 heterocycles. The fourth-order valence-electron chi connectivity index (χ4n) is 3.48. The van der Waals surface area contributed by atoms with Gasteiger partial charge in [-0.1, -0.05) is 26.3 Å². The maximum Gasteiger partial charge on any atom is 0.330 e. The molecule has 0 aromatic heterocycles. The number of carbonyl (C=O) groups is 1. The summed E-state index contributed by atoms with van der Waals surface area (Å²) in [5.74, 6) is 2.27. The summed E-state index contributed by atoms with van der Waals surface area (Å²) in [6.45, 7) is 4.91. The summed E-state index contributed by atoms with van der Waals surface area (Å²) in [7, 11) is 1.39. The van der Waals surface area contributed by atoms with Crippen LogP contribution in [0.1, 0.15) is 46.0 Å². The van der Waals surface area contributed by atoms with Crippen LogP contribution in [0, 0.1) is 23.7 Å². The van der Waals surface area contributed by atoms with Crippen molar-refractivity contribution >= 4 is 5.97 Å². The fraction of sp³-hybridized carbons (Fsp3) is 0.812. The molecular weight excluding hydrogens is 240 g/mol. The number of aliphatic hydroxyl groups is 1. The number of carbonyl (C=O) groups excluding carboxylic acids is 1. The molecule has 0 bridgehead atoms. The van der Waals surface area contributed by atoms with E-state index in [1.54, 1.807) is 0 Å². The Morgan fingerprint density at radius 3 is 2.58 bits per heavy atom. The lowest BCUT2D eigenvalue weighted by molar-refractivity contribution is -0.134. The minimum atomic E-state index is -0.279. The molecule has 3 nitrogen and oxygen atoms in total. The van der Waals surface area contributed by atoms with Crippen LogP contribution >= 0.6 is 0 Å². The van der Waals surface area contributed by atoms with Gasteiger partial charge < -0.3 is 9.84 Å². The van der Waals surface area contributed by atoms with Gasteiger partial charge in [0.05, 0.1) is 7.11 Å². The van der Waals surface area contributed by atoms with E-state index in [4.69, 9.17) is 0 Å². The van der Waals surface area contributed by atoms with E-state index in [2.05, 4.69) is 18.6 Å². The van der Waals surface area contributed by atoms with Gasteiger partial charge in [-0.15, -0.1) is 0 Å². The molecular formula is C16H28O3. The predicted molar refractivity (Wildman–Crippen MR) is 76.6 cm³/mol. The molecule has 3 heteroatoms. The molecule has 1 fully saturated rings. The van der Waals surface area contributed by atoms with Crippen molar-refractivity contribution in [2.45, 2.75) is 46.0 Å². The number of aliphatic hydroxyl groups excluding tert-OH is 1. The third-order valence-corrected chi connectivity index (χ3v) is 4.58. The first kappa shape index (κ1) is 16.2. The zero-order valence-corrected chi connectivity index (χ0v) is 12.5. The van der Waals surface area contributed by atoms with Crippen LogP contribution in [-0.2, 0) is 9.53 Å². The van der Waals surface area contributed by atoms with Gasteiger partial charge in [-0.05, 0) is 49.4 Å². The van der Waals surface area contributed by atoms with Crippen LogP contribution < -0.4 is 0 Å². The molecule has 0 radical (unpaired) electrons. The number of esters is 1. The zero-order valence-electron chi connectivity index (χ0n) is 12.5. The smallest absolute Gasteiger partial charge is 0.330 e. The Balaban J connectivity index is 2.21. The lowest BCUT2D eigenvalue weighted by Gasteiger charge is -2.22. The first-order valence-electron chi connectivity index (χ1n) is 7.45. The average molecular weight is 268 g/mol. The number of hydrogen-bond donors (Lipinski definition) is 1. The van der Waals surface area contributed by atoms with Crippen molar-refractivity contribution in [3.05, 3.63) is 12.2 Å². The van der Waals surface area contributed by atoms with E-state index in [1.807, 2.05) is 6.08 Å². The molecule has 1 aliphatic rings. The summed E-state index contributed by atoms with van der Waals surface area (Å²) < 4.78 is 4.54. The monoisotopic (exact) mass is 268 g/mol. The van der Waals surface area contributed by atoms with E-state index in [-0.39, 0.29) is 5.97 Å². The highest BCUT2D eigenvalue weighted by molar-refractivity contribution is 5.81. The molecule has 4 atom stereocenters.